The lowest BCUT2D eigenvalue weighted by molar-refractivity contribution is -0.150. The Labute approximate surface area is 219 Å². The molecule has 5 heteroatoms. The molecule has 0 bridgehead atoms. The van der Waals surface area contributed by atoms with Crippen molar-refractivity contribution in [1.82, 2.24) is 9.47 Å². The van der Waals surface area contributed by atoms with Gasteiger partial charge in [0.05, 0.1) is 6.61 Å². The zero-order valence-corrected chi connectivity index (χ0v) is 21.7. The number of aromatic nitrogens is 1. The SMILES string of the molecule is CC(=O)OC(CN1[C@@H](Cc2ccccc2)COC1(C)C)c1ccn(-c2ccc(-c3ccccc3)cc2)c1. The van der Waals surface area contributed by atoms with Gasteiger partial charge in [0, 0.05) is 43.2 Å². The average molecular weight is 495 g/mol. The summed E-state index contributed by atoms with van der Waals surface area (Å²) < 4.78 is 14.1. The second kappa shape index (κ2) is 10.8. The summed E-state index contributed by atoms with van der Waals surface area (Å²) in [5.74, 6) is -0.289. The van der Waals surface area contributed by atoms with Crippen LogP contribution < -0.4 is 0 Å². The number of hydrogen-bond acceptors (Lipinski definition) is 4. The van der Waals surface area contributed by atoms with Crippen LogP contribution in [0.2, 0.25) is 0 Å². The topological polar surface area (TPSA) is 43.7 Å². The molecule has 5 rings (SSSR count). The number of nitrogens with zero attached hydrogens (tertiary/aromatic N) is 2. The van der Waals surface area contributed by atoms with Gasteiger partial charge in [-0.1, -0.05) is 72.8 Å². The van der Waals surface area contributed by atoms with Gasteiger partial charge in [-0.3, -0.25) is 9.69 Å². The summed E-state index contributed by atoms with van der Waals surface area (Å²) in [6, 6.07) is 31.5. The number of carbonyl (C=O) groups excluding carboxylic acids is 1. The van der Waals surface area contributed by atoms with E-state index >= 15 is 0 Å². The zero-order chi connectivity index (χ0) is 25.8. The van der Waals surface area contributed by atoms with E-state index in [9.17, 15) is 4.79 Å². The predicted molar refractivity (Wildman–Crippen MR) is 146 cm³/mol. The van der Waals surface area contributed by atoms with Crippen molar-refractivity contribution in [3.05, 3.63) is 115 Å². The molecular formula is C32H34N2O3. The van der Waals surface area contributed by atoms with Crippen LogP contribution in [0.3, 0.4) is 0 Å². The maximum absolute atomic E-state index is 12.1. The molecule has 1 aliphatic rings. The molecule has 1 aliphatic heterocycles. The van der Waals surface area contributed by atoms with Gasteiger partial charge in [0.25, 0.3) is 0 Å². The molecule has 1 unspecified atom stereocenters. The van der Waals surface area contributed by atoms with E-state index in [1.807, 2.05) is 36.5 Å². The molecule has 1 aromatic heterocycles. The van der Waals surface area contributed by atoms with Crippen molar-refractivity contribution in [3.63, 3.8) is 0 Å². The first-order valence-corrected chi connectivity index (χ1v) is 12.8. The molecule has 3 aromatic carbocycles. The lowest BCUT2D eigenvalue weighted by atomic mass is 10.0. The Morgan fingerprint density at radius 3 is 2.27 bits per heavy atom. The van der Waals surface area contributed by atoms with Crippen molar-refractivity contribution in [2.24, 2.45) is 0 Å². The highest BCUT2D eigenvalue weighted by atomic mass is 16.5. The Morgan fingerprint density at radius 1 is 0.946 bits per heavy atom. The predicted octanol–water partition coefficient (Wildman–Crippen LogP) is 6.43. The van der Waals surface area contributed by atoms with Crippen LogP contribution in [0.1, 0.15) is 38.0 Å². The number of rotatable bonds is 8. The minimum atomic E-state index is -0.451. The molecule has 190 valence electrons. The van der Waals surface area contributed by atoms with E-state index in [-0.39, 0.29) is 12.0 Å². The summed E-state index contributed by atoms with van der Waals surface area (Å²) in [6.45, 7) is 6.84. The highest BCUT2D eigenvalue weighted by Gasteiger charge is 2.42. The van der Waals surface area contributed by atoms with Gasteiger partial charge in [-0.2, -0.15) is 0 Å². The zero-order valence-electron chi connectivity index (χ0n) is 21.7. The minimum absolute atomic E-state index is 0.197. The molecule has 2 heterocycles. The van der Waals surface area contributed by atoms with Crippen LogP contribution in [0, 0.1) is 0 Å². The number of ether oxygens (including phenoxy) is 2. The van der Waals surface area contributed by atoms with Gasteiger partial charge in [-0.25, -0.2) is 0 Å². The molecule has 0 spiro atoms. The molecule has 0 saturated carbocycles. The lowest BCUT2D eigenvalue weighted by Gasteiger charge is -2.36. The Hall–Kier alpha value is -3.67. The van der Waals surface area contributed by atoms with Gasteiger partial charge in [0.15, 0.2) is 0 Å². The molecule has 2 atom stereocenters. The fraction of sp³-hybridized carbons (Fsp3) is 0.281. The number of hydrogen-bond donors (Lipinski definition) is 0. The van der Waals surface area contributed by atoms with Crippen LogP contribution in [-0.2, 0) is 20.7 Å². The van der Waals surface area contributed by atoms with E-state index in [2.05, 4.69) is 90.2 Å². The smallest absolute Gasteiger partial charge is 0.303 e. The van der Waals surface area contributed by atoms with E-state index in [0.717, 1.165) is 17.7 Å². The summed E-state index contributed by atoms with van der Waals surface area (Å²) in [5.41, 5.74) is 5.21. The highest BCUT2D eigenvalue weighted by Crippen LogP contribution is 2.33. The third kappa shape index (κ3) is 5.85. The van der Waals surface area contributed by atoms with Crippen molar-refractivity contribution >= 4 is 5.97 Å². The molecule has 0 N–H and O–H groups in total. The Balaban J connectivity index is 1.36. The molecular weight excluding hydrogens is 460 g/mol. The van der Waals surface area contributed by atoms with Gasteiger partial charge in [-0.15, -0.1) is 0 Å². The lowest BCUT2D eigenvalue weighted by Crippen LogP contribution is -2.47. The molecule has 5 nitrogen and oxygen atoms in total. The van der Waals surface area contributed by atoms with Crippen LogP contribution in [0.4, 0.5) is 0 Å². The fourth-order valence-corrected chi connectivity index (χ4v) is 5.15. The van der Waals surface area contributed by atoms with E-state index in [4.69, 9.17) is 9.47 Å². The Morgan fingerprint density at radius 2 is 1.59 bits per heavy atom. The van der Waals surface area contributed by atoms with Crippen molar-refractivity contribution in [3.8, 4) is 16.8 Å². The third-order valence-electron chi connectivity index (χ3n) is 7.11. The summed E-state index contributed by atoms with van der Waals surface area (Å²) >= 11 is 0. The first-order valence-electron chi connectivity index (χ1n) is 12.8. The molecule has 1 saturated heterocycles. The monoisotopic (exact) mass is 494 g/mol. The Kier molecular flexibility index (Phi) is 7.26. The van der Waals surface area contributed by atoms with Crippen LogP contribution in [-0.4, -0.2) is 40.4 Å². The van der Waals surface area contributed by atoms with Crippen LogP contribution >= 0.6 is 0 Å². The van der Waals surface area contributed by atoms with Crippen LogP contribution in [0.15, 0.2) is 103 Å². The van der Waals surface area contributed by atoms with Gasteiger partial charge < -0.3 is 14.0 Å². The first kappa shape index (κ1) is 25.0. The van der Waals surface area contributed by atoms with E-state index < -0.39 is 11.8 Å². The maximum atomic E-state index is 12.1. The Bertz CT molecular complexity index is 1310. The van der Waals surface area contributed by atoms with Crippen molar-refractivity contribution in [2.45, 2.75) is 45.1 Å². The summed E-state index contributed by atoms with van der Waals surface area (Å²) in [6.07, 6.45) is 4.56. The fourth-order valence-electron chi connectivity index (χ4n) is 5.15. The van der Waals surface area contributed by atoms with Crippen molar-refractivity contribution in [1.29, 1.82) is 0 Å². The van der Waals surface area contributed by atoms with Gasteiger partial charge in [-0.05, 0) is 55.2 Å². The van der Waals surface area contributed by atoms with Crippen molar-refractivity contribution in [2.75, 3.05) is 13.2 Å². The molecule has 1 fully saturated rings. The average Bonchev–Trinajstić information content (AvgIpc) is 3.50. The van der Waals surface area contributed by atoms with Crippen molar-refractivity contribution < 1.29 is 14.3 Å². The van der Waals surface area contributed by atoms with E-state index in [1.54, 1.807) is 0 Å². The first-order chi connectivity index (χ1) is 17.9. The second-order valence-electron chi connectivity index (χ2n) is 10.1. The number of benzene rings is 3. The number of esters is 1. The maximum Gasteiger partial charge on any atom is 0.303 e. The quantitative estimate of drug-likeness (QED) is 0.265. The van der Waals surface area contributed by atoms with E-state index in [1.165, 1.54) is 23.6 Å². The molecule has 0 amide bonds. The number of carbonyl (C=O) groups is 1. The summed E-state index contributed by atoms with van der Waals surface area (Å²) in [4.78, 5) is 14.4. The largest absolute Gasteiger partial charge is 0.456 e. The molecule has 0 radical (unpaired) electrons. The molecule has 4 aromatic rings. The summed E-state index contributed by atoms with van der Waals surface area (Å²) in [7, 11) is 0. The van der Waals surface area contributed by atoms with Gasteiger partial charge in [0.2, 0.25) is 0 Å². The van der Waals surface area contributed by atoms with E-state index in [0.29, 0.717) is 13.2 Å². The molecule has 0 aliphatic carbocycles. The minimum Gasteiger partial charge on any atom is -0.456 e. The molecule has 37 heavy (non-hydrogen) atoms. The van der Waals surface area contributed by atoms with Gasteiger partial charge in [0.1, 0.15) is 11.8 Å². The summed E-state index contributed by atoms with van der Waals surface area (Å²) in [5, 5.41) is 0. The highest BCUT2D eigenvalue weighted by molar-refractivity contribution is 5.66. The van der Waals surface area contributed by atoms with Crippen LogP contribution in [0.5, 0.6) is 0 Å². The standard InChI is InChI=1S/C32H34N2O3/c1-24(35)37-31(22-34-30(23-36-32(34,2)3)20-25-10-6-4-7-11-25)28-18-19-33(21-28)29-16-14-27(15-17-29)26-12-8-5-9-13-26/h4-19,21,30-31H,20,22-23H2,1-3H3/t30-,31?/m0/s1. The normalized spacial score (nSPS) is 18.0. The van der Waals surface area contributed by atoms with Crippen LogP contribution in [0.25, 0.3) is 16.8 Å². The second-order valence-corrected chi connectivity index (χ2v) is 10.1. The van der Waals surface area contributed by atoms with Gasteiger partial charge >= 0.3 is 5.97 Å². The third-order valence-corrected chi connectivity index (χ3v) is 7.11.